The number of anilines is 1. The van der Waals surface area contributed by atoms with E-state index in [1.54, 1.807) is 12.1 Å². The minimum Gasteiger partial charge on any atom is -0.504 e. The maximum Gasteiger partial charge on any atom is 0.417 e. The number of phenolic OH excluding ortho intramolecular Hbond substituents is 1. The molecule has 0 bridgehead atoms. The van der Waals surface area contributed by atoms with Crippen LogP contribution in [0.3, 0.4) is 0 Å². The molecular formula is C25H31N3O5. The monoisotopic (exact) mass is 453 g/mol. The molecule has 2 aliphatic rings. The minimum absolute atomic E-state index is 0.0518. The number of carbonyl (C=O) groups is 2. The number of imide groups is 1. The fourth-order valence-electron chi connectivity index (χ4n) is 4.39. The predicted molar refractivity (Wildman–Crippen MR) is 125 cm³/mol. The van der Waals surface area contributed by atoms with Gasteiger partial charge in [-0.3, -0.25) is 9.69 Å². The van der Waals surface area contributed by atoms with Crippen LogP contribution in [0.2, 0.25) is 0 Å². The smallest absolute Gasteiger partial charge is 0.417 e. The number of methoxy groups -OCH3 is 1. The van der Waals surface area contributed by atoms with Crippen LogP contribution in [0.1, 0.15) is 18.4 Å². The minimum atomic E-state index is -0.767. The molecule has 2 aliphatic heterocycles. The fourth-order valence-corrected chi connectivity index (χ4v) is 4.39. The Morgan fingerprint density at radius 1 is 1.03 bits per heavy atom. The average Bonchev–Trinajstić information content (AvgIpc) is 3.11. The molecule has 2 saturated heterocycles. The molecule has 0 aliphatic carbocycles. The highest BCUT2D eigenvalue weighted by Crippen LogP contribution is 2.27. The van der Waals surface area contributed by atoms with Crippen molar-refractivity contribution in [3.05, 3.63) is 54.1 Å². The number of piperazine rings is 1. The third-order valence-corrected chi connectivity index (χ3v) is 6.29. The standard InChI is InChI=1S/C25H31N3O5/c1-32-22-10-8-19(18-21(22)29)9-11-23-24(30)28(25(31)33-23)13-5-12-26-14-16-27(17-15-26)20-6-3-2-4-7-20/h2-4,6-8,10,18,23,29H,5,9,11-17H2,1H3. The van der Waals surface area contributed by atoms with E-state index >= 15 is 0 Å². The van der Waals surface area contributed by atoms with Crippen molar-refractivity contribution in [3.63, 3.8) is 0 Å². The van der Waals surface area contributed by atoms with Crippen molar-refractivity contribution in [1.82, 2.24) is 9.80 Å². The first-order chi connectivity index (χ1) is 16.0. The quantitative estimate of drug-likeness (QED) is 0.625. The summed E-state index contributed by atoms with van der Waals surface area (Å²) >= 11 is 0. The molecule has 0 aromatic heterocycles. The van der Waals surface area contributed by atoms with Crippen LogP contribution in [-0.4, -0.2) is 79.4 Å². The second-order valence-electron chi connectivity index (χ2n) is 8.42. The number of ether oxygens (including phenoxy) is 2. The number of cyclic esters (lactones) is 1. The number of rotatable bonds is 9. The van der Waals surface area contributed by atoms with E-state index in [2.05, 4.69) is 34.1 Å². The van der Waals surface area contributed by atoms with Crippen LogP contribution in [0.5, 0.6) is 11.5 Å². The summed E-state index contributed by atoms with van der Waals surface area (Å²) in [6, 6.07) is 15.5. The number of amides is 2. The normalized spacial score (nSPS) is 19.1. The summed E-state index contributed by atoms with van der Waals surface area (Å²) in [4.78, 5) is 30.9. The summed E-state index contributed by atoms with van der Waals surface area (Å²) in [5, 5.41) is 9.90. The molecule has 2 aromatic rings. The molecular weight excluding hydrogens is 422 g/mol. The Morgan fingerprint density at radius 2 is 1.79 bits per heavy atom. The number of aromatic hydroxyl groups is 1. The number of para-hydroxylation sites is 1. The molecule has 1 unspecified atom stereocenters. The molecule has 0 spiro atoms. The average molecular weight is 454 g/mol. The number of nitrogens with zero attached hydrogens (tertiary/aromatic N) is 3. The number of hydrogen-bond acceptors (Lipinski definition) is 7. The zero-order chi connectivity index (χ0) is 23.2. The van der Waals surface area contributed by atoms with E-state index in [0.717, 1.165) is 44.7 Å². The van der Waals surface area contributed by atoms with E-state index in [9.17, 15) is 14.7 Å². The van der Waals surface area contributed by atoms with Gasteiger partial charge in [-0.25, -0.2) is 9.69 Å². The van der Waals surface area contributed by atoms with E-state index in [4.69, 9.17) is 9.47 Å². The van der Waals surface area contributed by atoms with Gasteiger partial charge < -0.3 is 19.5 Å². The lowest BCUT2D eigenvalue weighted by Crippen LogP contribution is -2.47. The predicted octanol–water partition coefficient (Wildman–Crippen LogP) is 2.89. The molecule has 1 N–H and O–H groups in total. The number of phenols is 1. The molecule has 176 valence electrons. The Kier molecular flexibility index (Phi) is 7.34. The van der Waals surface area contributed by atoms with Crippen LogP contribution in [-0.2, 0) is 16.0 Å². The van der Waals surface area contributed by atoms with Crippen molar-refractivity contribution in [2.24, 2.45) is 0 Å². The Bertz CT molecular complexity index is 960. The van der Waals surface area contributed by atoms with Crippen LogP contribution < -0.4 is 9.64 Å². The highest BCUT2D eigenvalue weighted by Gasteiger charge is 2.39. The summed E-state index contributed by atoms with van der Waals surface area (Å²) in [5.74, 6) is 0.178. The zero-order valence-corrected chi connectivity index (χ0v) is 19.0. The van der Waals surface area contributed by atoms with Gasteiger partial charge >= 0.3 is 6.09 Å². The zero-order valence-electron chi connectivity index (χ0n) is 19.0. The molecule has 33 heavy (non-hydrogen) atoms. The van der Waals surface area contributed by atoms with Crippen molar-refractivity contribution < 1.29 is 24.2 Å². The van der Waals surface area contributed by atoms with Gasteiger partial charge in [-0.2, -0.15) is 0 Å². The molecule has 1 atom stereocenters. The molecule has 8 heteroatoms. The largest absolute Gasteiger partial charge is 0.504 e. The van der Waals surface area contributed by atoms with Crippen molar-refractivity contribution in [2.75, 3.05) is 51.3 Å². The van der Waals surface area contributed by atoms with E-state index in [0.29, 0.717) is 25.1 Å². The van der Waals surface area contributed by atoms with E-state index in [-0.39, 0.29) is 11.7 Å². The Morgan fingerprint density at radius 3 is 2.48 bits per heavy atom. The van der Waals surface area contributed by atoms with Gasteiger partial charge in [-0.1, -0.05) is 24.3 Å². The van der Waals surface area contributed by atoms with Gasteiger partial charge in [0.1, 0.15) is 0 Å². The van der Waals surface area contributed by atoms with Gasteiger partial charge in [0, 0.05) is 38.4 Å². The van der Waals surface area contributed by atoms with E-state index in [1.807, 2.05) is 12.1 Å². The maximum absolute atomic E-state index is 12.7. The van der Waals surface area contributed by atoms with Crippen molar-refractivity contribution in [2.45, 2.75) is 25.4 Å². The second-order valence-corrected chi connectivity index (χ2v) is 8.42. The lowest BCUT2D eigenvalue weighted by molar-refractivity contribution is -0.129. The highest BCUT2D eigenvalue weighted by molar-refractivity contribution is 6.00. The van der Waals surface area contributed by atoms with Crippen molar-refractivity contribution >= 4 is 17.7 Å². The Hall–Kier alpha value is -3.26. The molecule has 2 amide bonds. The molecule has 2 fully saturated rings. The third-order valence-electron chi connectivity index (χ3n) is 6.29. The number of hydrogen-bond donors (Lipinski definition) is 1. The van der Waals surface area contributed by atoms with E-state index < -0.39 is 12.2 Å². The van der Waals surface area contributed by atoms with Crippen LogP contribution in [0.25, 0.3) is 0 Å². The van der Waals surface area contributed by atoms with Crippen LogP contribution in [0, 0.1) is 0 Å². The first-order valence-corrected chi connectivity index (χ1v) is 11.5. The van der Waals surface area contributed by atoms with Gasteiger partial charge in [0.25, 0.3) is 5.91 Å². The Balaban J connectivity index is 1.19. The van der Waals surface area contributed by atoms with Gasteiger partial charge in [0.15, 0.2) is 17.6 Å². The topological polar surface area (TPSA) is 82.6 Å². The first-order valence-electron chi connectivity index (χ1n) is 11.5. The first kappa shape index (κ1) is 22.9. The van der Waals surface area contributed by atoms with Gasteiger partial charge in [-0.05, 0) is 55.6 Å². The molecule has 8 nitrogen and oxygen atoms in total. The summed E-state index contributed by atoms with van der Waals surface area (Å²) in [6.07, 6.45) is 0.299. The molecule has 2 heterocycles. The number of carbonyl (C=O) groups excluding carboxylic acids is 2. The molecule has 0 radical (unpaired) electrons. The van der Waals surface area contributed by atoms with E-state index in [1.165, 1.54) is 17.7 Å². The van der Waals surface area contributed by atoms with Crippen LogP contribution in [0.15, 0.2) is 48.5 Å². The number of benzene rings is 2. The summed E-state index contributed by atoms with van der Waals surface area (Å²) in [6.45, 7) is 5.08. The third kappa shape index (κ3) is 5.57. The SMILES string of the molecule is COc1ccc(CCC2OC(=O)N(CCCN3CCN(c4ccccc4)CC3)C2=O)cc1O. The second kappa shape index (κ2) is 10.6. The lowest BCUT2D eigenvalue weighted by atomic mass is 10.1. The molecule has 4 rings (SSSR count). The van der Waals surface area contributed by atoms with Gasteiger partial charge in [0.2, 0.25) is 0 Å². The fraction of sp³-hybridized carbons (Fsp3) is 0.440. The summed E-state index contributed by atoms with van der Waals surface area (Å²) < 4.78 is 10.4. The van der Waals surface area contributed by atoms with Crippen molar-refractivity contribution in [1.29, 1.82) is 0 Å². The lowest BCUT2D eigenvalue weighted by Gasteiger charge is -2.36. The van der Waals surface area contributed by atoms with Gasteiger partial charge in [-0.15, -0.1) is 0 Å². The molecule has 2 aromatic carbocycles. The van der Waals surface area contributed by atoms with Gasteiger partial charge in [0.05, 0.1) is 7.11 Å². The molecule has 0 saturated carbocycles. The summed E-state index contributed by atoms with van der Waals surface area (Å²) in [5.41, 5.74) is 2.10. The maximum atomic E-state index is 12.7. The highest BCUT2D eigenvalue weighted by atomic mass is 16.6. The summed E-state index contributed by atoms with van der Waals surface area (Å²) in [7, 11) is 1.49. The Labute approximate surface area is 194 Å². The van der Waals surface area contributed by atoms with Crippen LogP contribution in [0.4, 0.5) is 10.5 Å². The van der Waals surface area contributed by atoms with Crippen molar-refractivity contribution in [3.8, 4) is 11.5 Å². The van der Waals surface area contributed by atoms with Crippen LogP contribution >= 0.6 is 0 Å². The number of aryl methyl sites for hydroxylation is 1.